The van der Waals surface area contributed by atoms with Gasteiger partial charge in [0.2, 0.25) is 0 Å². The fourth-order valence-electron chi connectivity index (χ4n) is 3.60. The molecule has 1 aliphatic carbocycles. The molecule has 1 aromatic rings. The Labute approximate surface area is 114 Å². The lowest BCUT2D eigenvalue weighted by atomic mass is 9.62. The maximum Gasteiger partial charge on any atom is 0.130 e. The van der Waals surface area contributed by atoms with E-state index in [4.69, 9.17) is 0 Å². The number of hydrogen-bond donors (Lipinski definition) is 0. The van der Waals surface area contributed by atoms with E-state index in [-0.39, 0.29) is 5.41 Å². The second-order valence-corrected chi connectivity index (χ2v) is 6.29. The van der Waals surface area contributed by atoms with Crippen LogP contribution in [0.15, 0.2) is 29.8 Å². The molecule has 0 saturated heterocycles. The van der Waals surface area contributed by atoms with Crippen molar-refractivity contribution < 1.29 is 8.78 Å². The summed E-state index contributed by atoms with van der Waals surface area (Å²) in [5.41, 5.74) is 1.57. The van der Waals surface area contributed by atoms with E-state index in [2.05, 4.69) is 33.8 Å². The Morgan fingerprint density at radius 3 is 2.53 bits per heavy atom. The maximum atomic E-state index is 14.2. The van der Waals surface area contributed by atoms with Crippen LogP contribution >= 0.6 is 0 Å². The Morgan fingerprint density at radius 2 is 1.95 bits per heavy atom. The Kier molecular flexibility index (Phi) is 3.80. The molecule has 2 atom stereocenters. The zero-order valence-corrected chi connectivity index (χ0v) is 12.1. The average molecular weight is 264 g/mol. The highest BCUT2D eigenvalue weighted by Crippen LogP contribution is 2.46. The van der Waals surface area contributed by atoms with E-state index in [1.165, 1.54) is 11.6 Å². The van der Waals surface area contributed by atoms with Crippen LogP contribution in [0.2, 0.25) is 0 Å². The first-order valence-corrected chi connectivity index (χ1v) is 6.98. The maximum absolute atomic E-state index is 14.2. The molecule has 0 aromatic heterocycles. The summed E-state index contributed by atoms with van der Waals surface area (Å²) in [6.45, 7) is 8.53. The van der Waals surface area contributed by atoms with Gasteiger partial charge in [0.1, 0.15) is 11.6 Å². The molecule has 0 saturated carbocycles. The molecule has 0 heterocycles. The third-order valence-corrected chi connectivity index (χ3v) is 4.48. The predicted molar refractivity (Wildman–Crippen MR) is 75.0 cm³/mol. The molecular formula is C17H22F2. The molecular weight excluding hydrogens is 242 g/mol. The zero-order valence-electron chi connectivity index (χ0n) is 12.1. The van der Waals surface area contributed by atoms with Gasteiger partial charge < -0.3 is 0 Å². The van der Waals surface area contributed by atoms with Crippen molar-refractivity contribution >= 4 is 0 Å². The number of hydrogen-bond acceptors (Lipinski definition) is 0. The molecule has 0 amide bonds. The molecule has 0 spiro atoms. The Morgan fingerprint density at radius 1 is 1.26 bits per heavy atom. The van der Waals surface area contributed by atoms with E-state index in [9.17, 15) is 8.78 Å². The largest absolute Gasteiger partial charge is 0.207 e. The summed E-state index contributed by atoms with van der Waals surface area (Å²) in [6.07, 6.45) is 4.31. The summed E-state index contributed by atoms with van der Waals surface area (Å²) in [4.78, 5) is 0. The first-order valence-electron chi connectivity index (χ1n) is 6.98. The normalized spacial score (nSPS) is 27.5. The first kappa shape index (κ1) is 14.2. The highest BCUT2D eigenvalue weighted by molar-refractivity contribution is 5.36. The van der Waals surface area contributed by atoms with E-state index in [1.807, 2.05) is 0 Å². The van der Waals surface area contributed by atoms with Gasteiger partial charge in [-0.2, -0.15) is 0 Å². The Bertz CT molecular complexity index is 502. The number of halogens is 2. The number of allylic oxidation sites excluding steroid dienone is 2. The lowest BCUT2D eigenvalue weighted by Gasteiger charge is -2.42. The fraction of sp³-hybridized carbons (Fsp3) is 0.529. The van der Waals surface area contributed by atoms with Gasteiger partial charge in [0.15, 0.2) is 0 Å². The van der Waals surface area contributed by atoms with E-state index in [0.29, 0.717) is 17.4 Å². The van der Waals surface area contributed by atoms with Crippen molar-refractivity contribution in [1.29, 1.82) is 0 Å². The van der Waals surface area contributed by atoms with Crippen LogP contribution in [0, 0.1) is 23.5 Å². The van der Waals surface area contributed by atoms with E-state index < -0.39 is 11.6 Å². The summed E-state index contributed by atoms with van der Waals surface area (Å²) in [5, 5.41) is 0. The van der Waals surface area contributed by atoms with Crippen LogP contribution < -0.4 is 0 Å². The van der Waals surface area contributed by atoms with Crippen molar-refractivity contribution in [3.8, 4) is 0 Å². The van der Waals surface area contributed by atoms with Gasteiger partial charge >= 0.3 is 0 Å². The lowest BCUT2D eigenvalue weighted by molar-refractivity contribution is 0.232. The van der Waals surface area contributed by atoms with E-state index >= 15 is 0 Å². The van der Waals surface area contributed by atoms with Crippen molar-refractivity contribution in [3.63, 3.8) is 0 Å². The molecule has 0 nitrogen and oxygen atoms in total. The first-order chi connectivity index (χ1) is 8.84. The summed E-state index contributed by atoms with van der Waals surface area (Å²) < 4.78 is 27.3. The predicted octanol–water partition coefficient (Wildman–Crippen LogP) is 5.23. The minimum Gasteiger partial charge on any atom is -0.207 e. The second kappa shape index (κ2) is 5.07. The van der Waals surface area contributed by atoms with E-state index in [0.717, 1.165) is 18.9 Å². The van der Waals surface area contributed by atoms with Crippen molar-refractivity contribution in [1.82, 2.24) is 0 Å². The van der Waals surface area contributed by atoms with Gasteiger partial charge in [-0.05, 0) is 43.2 Å². The zero-order chi connectivity index (χ0) is 14.2. The molecule has 0 bridgehead atoms. The molecule has 104 valence electrons. The van der Waals surface area contributed by atoms with Crippen molar-refractivity contribution in [2.24, 2.45) is 11.8 Å². The SMILES string of the molecule is CC1=C[C@](C)(c2ccc(F)cc2F)C(C(C)C)CC1. The van der Waals surface area contributed by atoms with Gasteiger partial charge in [0.05, 0.1) is 0 Å². The molecule has 1 aliphatic rings. The molecule has 0 fully saturated rings. The van der Waals surface area contributed by atoms with Crippen molar-refractivity contribution in [2.45, 2.75) is 46.0 Å². The van der Waals surface area contributed by atoms with Gasteiger partial charge in [-0.15, -0.1) is 0 Å². The average Bonchev–Trinajstić information content (AvgIpc) is 2.27. The summed E-state index contributed by atoms with van der Waals surface area (Å²) in [6, 6.07) is 3.96. The monoisotopic (exact) mass is 264 g/mol. The van der Waals surface area contributed by atoms with Crippen LogP contribution in [0.1, 0.15) is 46.1 Å². The minimum absolute atomic E-state index is 0.339. The van der Waals surface area contributed by atoms with Crippen molar-refractivity contribution in [3.05, 3.63) is 47.0 Å². The highest BCUT2D eigenvalue weighted by atomic mass is 19.1. The molecule has 1 unspecified atom stereocenters. The van der Waals surface area contributed by atoms with E-state index in [1.54, 1.807) is 6.07 Å². The molecule has 0 radical (unpaired) electrons. The molecule has 2 rings (SSSR count). The summed E-state index contributed by atoms with van der Waals surface area (Å²) in [5.74, 6) is -0.0866. The third-order valence-electron chi connectivity index (χ3n) is 4.48. The van der Waals surface area contributed by atoms with Gasteiger partial charge in [0, 0.05) is 11.5 Å². The Hall–Kier alpha value is -1.18. The quantitative estimate of drug-likeness (QED) is 0.641. The van der Waals surface area contributed by atoms with Gasteiger partial charge in [-0.25, -0.2) is 8.78 Å². The third kappa shape index (κ3) is 2.58. The van der Waals surface area contributed by atoms with Crippen molar-refractivity contribution in [2.75, 3.05) is 0 Å². The number of rotatable bonds is 2. The number of benzene rings is 1. The van der Waals surface area contributed by atoms with Crippen LogP contribution in [0.5, 0.6) is 0 Å². The van der Waals surface area contributed by atoms with Gasteiger partial charge in [-0.3, -0.25) is 0 Å². The smallest absolute Gasteiger partial charge is 0.130 e. The fourth-order valence-corrected chi connectivity index (χ4v) is 3.60. The van der Waals surface area contributed by atoms with Gasteiger partial charge in [0.25, 0.3) is 0 Å². The second-order valence-electron chi connectivity index (χ2n) is 6.29. The molecule has 0 aliphatic heterocycles. The minimum atomic E-state index is -0.512. The van der Waals surface area contributed by atoms with Crippen LogP contribution in [0.4, 0.5) is 8.78 Å². The standard InChI is InChI=1S/C17H22F2/c1-11(2)14-7-5-12(3)10-17(14,4)15-8-6-13(18)9-16(15)19/h6,8-11,14H,5,7H2,1-4H3/t14?,17-/m0/s1. The lowest BCUT2D eigenvalue weighted by Crippen LogP contribution is -2.37. The molecule has 2 heteroatoms. The highest BCUT2D eigenvalue weighted by Gasteiger charge is 2.39. The van der Waals surface area contributed by atoms with Crippen LogP contribution in [-0.2, 0) is 5.41 Å². The molecule has 0 N–H and O–H groups in total. The Balaban J connectivity index is 2.55. The molecule has 19 heavy (non-hydrogen) atoms. The summed E-state index contributed by atoms with van der Waals surface area (Å²) in [7, 11) is 0. The van der Waals surface area contributed by atoms with Crippen LogP contribution in [-0.4, -0.2) is 0 Å². The van der Waals surface area contributed by atoms with Crippen LogP contribution in [0.25, 0.3) is 0 Å². The van der Waals surface area contributed by atoms with Gasteiger partial charge in [-0.1, -0.05) is 38.5 Å². The van der Waals surface area contributed by atoms with Crippen LogP contribution in [0.3, 0.4) is 0 Å². The molecule has 1 aromatic carbocycles. The summed E-state index contributed by atoms with van der Waals surface area (Å²) >= 11 is 0. The topological polar surface area (TPSA) is 0 Å².